The molecule has 0 radical (unpaired) electrons. The highest BCUT2D eigenvalue weighted by atomic mass is 127. The van der Waals surface area contributed by atoms with Crippen molar-refractivity contribution in [2.75, 3.05) is 10.1 Å². The van der Waals surface area contributed by atoms with Crippen molar-refractivity contribution in [3.63, 3.8) is 0 Å². The molecule has 19 heavy (non-hydrogen) atoms. The normalized spacial score (nSPS) is 23.1. The van der Waals surface area contributed by atoms with Crippen LogP contribution >= 0.6 is 22.9 Å². The van der Waals surface area contributed by atoms with Gasteiger partial charge in [-0.15, -0.1) is 0 Å². The number of imidazole rings is 1. The number of aliphatic hydroxyl groups excluding tert-OH is 1. The van der Waals surface area contributed by atoms with Crippen molar-refractivity contribution >= 4 is 40.0 Å². The van der Waals surface area contributed by atoms with Crippen LogP contribution in [0.25, 0.3) is 11.2 Å². The molecule has 2 aromatic rings. The molecule has 1 fully saturated rings. The Hall–Kier alpha value is -1.20. The third-order valence-corrected chi connectivity index (χ3v) is 3.63. The van der Waals surface area contributed by atoms with E-state index < -0.39 is 0 Å². The molecule has 0 spiro atoms. The average Bonchev–Trinajstić information content (AvgIpc) is 3.04. The minimum Gasteiger partial charge on any atom is -0.394 e. The fourth-order valence-corrected chi connectivity index (χ4v) is 2.46. The van der Waals surface area contributed by atoms with E-state index in [1.165, 1.54) is 0 Å². The van der Waals surface area contributed by atoms with Crippen molar-refractivity contribution in [2.24, 2.45) is 0 Å². The van der Waals surface area contributed by atoms with E-state index in [0.717, 1.165) is 12.8 Å². The summed E-state index contributed by atoms with van der Waals surface area (Å²) in [6.07, 6.45) is 2.69. The number of halogens is 1. The number of nitrogens with zero attached hydrogens (tertiary/aromatic N) is 3. The zero-order chi connectivity index (χ0) is 13.4. The molecule has 0 saturated carbocycles. The molecule has 2 atom stereocenters. The maximum Gasteiger partial charge on any atom is 0.280 e. The Labute approximate surface area is 121 Å². The summed E-state index contributed by atoms with van der Waals surface area (Å²) >= 11 is 1.89. The number of aromatic nitrogens is 4. The van der Waals surface area contributed by atoms with Crippen LogP contribution in [0.4, 0.5) is 5.95 Å². The molecule has 3 rings (SSSR count). The van der Waals surface area contributed by atoms with Crippen molar-refractivity contribution in [3.05, 3.63) is 16.7 Å². The van der Waals surface area contributed by atoms with E-state index in [2.05, 4.69) is 18.5 Å². The Morgan fingerprint density at radius 1 is 1.63 bits per heavy atom. The van der Waals surface area contributed by atoms with Gasteiger partial charge in [-0.2, -0.15) is 4.98 Å². The van der Waals surface area contributed by atoms with Crippen molar-refractivity contribution in [3.8, 4) is 0 Å². The second-order valence-corrected chi connectivity index (χ2v) is 4.85. The Balaban J connectivity index is 2.05. The third-order valence-electron chi connectivity index (χ3n) is 3.12. The summed E-state index contributed by atoms with van der Waals surface area (Å²) in [7, 11) is 0. The number of H-pyrrole nitrogens is 1. The third kappa shape index (κ3) is 2.21. The zero-order valence-corrected chi connectivity index (χ0v) is 12.0. The standard InChI is InChI=1S/C10H12IN5O3/c11-15-10-13-8-7(9(18)14-10)12-4-16(8)6-2-1-5(3-17)19-6/h4-6,17H,1-3H2,(H2,13,14,15,18). The van der Waals surface area contributed by atoms with Crippen molar-refractivity contribution in [2.45, 2.75) is 25.2 Å². The summed E-state index contributed by atoms with van der Waals surface area (Å²) in [6.45, 7) is -0.00228. The number of hydrogen-bond acceptors (Lipinski definition) is 6. The largest absolute Gasteiger partial charge is 0.394 e. The molecule has 0 bridgehead atoms. The van der Waals surface area contributed by atoms with Gasteiger partial charge in [-0.25, -0.2) is 4.98 Å². The summed E-state index contributed by atoms with van der Waals surface area (Å²) in [4.78, 5) is 22.8. The first kappa shape index (κ1) is 12.8. The smallest absolute Gasteiger partial charge is 0.280 e. The van der Waals surface area contributed by atoms with Crippen molar-refractivity contribution in [1.29, 1.82) is 0 Å². The maximum absolute atomic E-state index is 11.8. The fraction of sp³-hybridized carbons (Fsp3) is 0.500. The highest BCUT2D eigenvalue weighted by Gasteiger charge is 2.27. The van der Waals surface area contributed by atoms with E-state index in [4.69, 9.17) is 9.84 Å². The monoisotopic (exact) mass is 377 g/mol. The quantitative estimate of drug-likeness (QED) is 0.533. The molecule has 1 aliphatic heterocycles. The van der Waals surface area contributed by atoms with E-state index in [9.17, 15) is 4.79 Å². The molecule has 3 heterocycles. The molecule has 102 valence electrons. The lowest BCUT2D eigenvalue weighted by atomic mass is 10.2. The molecule has 2 unspecified atom stereocenters. The van der Waals surface area contributed by atoms with Gasteiger partial charge in [-0.1, -0.05) is 0 Å². The second kappa shape index (κ2) is 5.06. The molecule has 0 amide bonds. The first-order valence-corrected chi connectivity index (χ1v) is 6.90. The molecule has 0 aromatic carbocycles. The van der Waals surface area contributed by atoms with Gasteiger partial charge in [0.2, 0.25) is 5.95 Å². The molecule has 3 N–H and O–H groups in total. The summed E-state index contributed by atoms with van der Waals surface area (Å²) in [6, 6.07) is 0. The number of aliphatic hydroxyl groups is 1. The molecule has 9 heteroatoms. The predicted molar refractivity (Wildman–Crippen MR) is 76.0 cm³/mol. The van der Waals surface area contributed by atoms with Gasteiger partial charge < -0.3 is 9.84 Å². The van der Waals surface area contributed by atoms with Gasteiger partial charge in [0.15, 0.2) is 11.2 Å². The molecule has 1 aliphatic rings. The van der Waals surface area contributed by atoms with E-state index in [0.29, 0.717) is 11.6 Å². The zero-order valence-electron chi connectivity index (χ0n) is 9.84. The van der Waals surface area contributed by atoms with Gasteiger partial charge in [-0.05, 0) is 12.8 Å². The van der Waals surface area contributed by atoms with Crippen LogP contribution in [0.15, 0.2) is 11.1 Å². The van der Waals surface area contributed by atoms with Gasteiger partial charge in [0.05, 0.1) is 41.9 Å². The van der Waals surface area contributed by atoms with Crippen LogP contribution in [0, 0.1) is 0 Å². The summed E-state index contributed by atoms with van der Waals surface area (Å²) in [5.41, 5.74) is 0.470. The van der Waals surface area contributed by atoms with Gasteiger partial charge in [-0.3, -0.25) is 17.9 Å². The average molecular weight is 377 g/mol. The molecule has 0 aliphatic carbocycles. The highest BCUT2D eigenvalue weighted by molar-refractivity contribution is 14.1. The van der Waals surface area contributed by atoms with Gasteiger partial charge in [0, 0.05) is 0 Å². The highest BCUT2D eigenvalue weighted by Crippen LogP contribution is 2.29. The molecule has 1 saturated heterocycles. The Kier molecular flexibility index (Phi) is 3.41. The van der Waals surface area contributed by atoms with Gasteiger partial charge in [0.25, 0.3) is 5.56 Å². The van der Waals surface area contributed by atoms with Gasteiger partial charge in [0.1, 0.15) is 6.23 Å². The number of fused-ring (bicyclic) bond motifs is 1. The second-order valence-electron chi connectivity index (χ2n) is 4.31. The van der Waals surface area contributed by atoms with E-state index >= 15 is 0 Å². The molecule has 8 nitrogen and oxygen atoms in total. The molecule has 2 aromatic heterocycles. The predicted octanol–water partition coefficient (Wildman–Crippen LogP) is 0.551. The lowest BCUT2D eigenvalue weighted by Crippen LogP contribution is -2.15. The number of rotatable bonds is 3. The van der Waals surface area contributed by atoms with Crippen LogP contribution in [0.3, 0.4) is 0 Å². The van der Waals surface area contributed by atoms with Crippen LogP contribution in [0.2, 0.25) is 0 Å². The Morgan fingerprint density at radius 3 is 3.16 bits per heavy atom. The van der Waals surface area contributed by atoms with E-state index in [1.807, 2.05) is 22.9 Å². The van der Waals surface area contributed by atoms with Crippen LogP contribution in [0.5, 0.6) is 0 Å². The first-order valence-electron chi connectivity index (χ1n) is 5.82. The van der Waals surface area contributed by atoms with Crippen LogP contribution in [-0.2, 0) is 4.74 Å². The Morgan fingerprint density at radius 2 is 2.47 bits per heavy atom. The number of aromatic amines is 1. The molecular weight excluding hydrogens is 365 g/mol. The Bertz CT molecular complexity index is 654. The van der Waals surface area contributed by atoms with Crippen LogP contribution in [-0.4, -0.2) is 37.3 Å². The number of hydrogen-bond donors (Lipinski definition) is 3. The number of anilines is 1. The van der Waals surface area contributed by atoms with E-state index in [-0.39, 0.29) is 30.0 Å². The number of nitrogens with one attached hydrogen (secondary N) is 2. The summed E-state index contributed by atoms with van der Waals surface area (Å²) in [5.74, 6) is 0.372. The minimum atomic E-state index is -0.292. The molecular formula is C10H12IN5O3. The summed E-state index contributed by atoms with van der Waals surface area (Å²) < 4.78 is 10.2. The summed E-state index contributed by atoms with van der Waals surface area (Å²) in [5, 5.41) is 9.09. The van der Waals surface area contributed by atoms with Crippen LogP contribution in [0.1, 0.15) is 19.1 Å². The van der Waals surface area contributed by atoms with Gasteiger partial charge >= 0.3 is 0 Å². The maximum atomic E-state index is 11.8. The van der Waals surface area contributed by atoms with E-state index in [1.54, 1.807) is 10.9 Å². The number of ether oxygens (including phenoxy) is 1. The first-order chi connectivity index (χ1) is 9.22. The fourth-order valence-electron chi connectivity index (χ4n) is 2.21. The minimum absolute atomic E-state index is 0.00228. The topological polar surface area (TPSA) is 105 Å². The van der Waals surface area contributed by atoms with Crippen LogP contribution < -0.4 is 9.09 Å². The van der Waals surface area contributed by atoms with Crippen molar-refractivity contribution in [1.82, 2.24) is 19.5 Å². The lowest BCUT2D eigenvalue weighted by molar-refractivity contribution is -0.0207. The SMILES string of the molecule is O=c1[nH]c(NI)nc2c1ncn2C1CCC(CO)O1. The lowest BCUT2D eigenvalue weighted by Gasteiger charge is -2.13. The van der Waals surface area contributed by atoms with Crippen molar-refractivity contribution < 1.29 is 9.84 Å².